The van der Waals surface area contributed by atoms with Crippen molar-refractivity contribution < 1.29 is 24.2 Å². The molecule has 1 heterocycles. The third-order valence-electron chi connectivity index (χ3n) is 5.10. The molecule has 2 N–H and O–H groups in total. The van der Waals surface area contributed by atoms with Gasteiger partial charge in [0.25, 0.3) is 0 Å². The highest BCUT2D eigenvalue weighted by Crippen LogP contribution is 2.32. The van der Waals surface area contributed by atoms with Crippen LogP contribution in [0.2, 0.25) is 0 Å². The predicted octanol–water partition coefficient (Wildman–Crippen LogP) is 2.64. The molecule has 1 fully saturated rings. The number of ether oxygens (including phenoxy) is 1. The lowest BCUT2D eigenvalue weighted by molar-refractivity contribution is -0.151. The molecule has 1 aliphatic heterocycles. The summed E-state index contributed by atoms with van der Waals surface area (Å²) >= 11 is 3.48. The molecule has 31 heavy (non-hydrogen) atoms. The van der Waals surface area contributed by atoms with Crippen molar-refractivity contribution in [3.63, 3.8) is 0 Å². The van der Waals surface area contributed by atoms with E-state index in [0.29, 0.717) is 19.4 Å². The maximum absolute atomic E-state index is 13.2. The van der Waals surface area contributed by atoms with Gasteiger partial charge in [0.05, 0.1) is 17.2 Å². The Kier molecular flexibility index (Phi) is 10.7. The van der Waals surface area contributed by atoms with Gasteiger partial charge in [0, 0.05) is 18.1 Å². The summed E-state index contributed by atoms with van der Waals surface area (Å²) in [6, 6.07) is 7.48. The monoisotopic (exact) mass is 468 g/mol. The zero-order chi connectivity index (χ0) is 22.8. The third kappa shape index (κ3) is 8.05. The molecule has 0 bridgehead atoms. The van der Waals surface area contributed by atoms with E-state index in [1.165, 1.54) is 11.8 Å². The first-order chi connectivity index (χ1) is 14.8. The topological polar surface area (TPSA) is 95.9 Å². The van der Waals surface area contributed by atoms with Crippen LogP contribution in [-0.2, 0) is 25.5 Å². The summed E-state index contributed by atoms with van der Waals surface area (Å²) in [5.41, 5.74) is 1.09. The molecule has 0 spiro atoms. The van der Waals surface area contributed by atoms with Gasteiger partial charge in [-0.05, 0) is 39.2 Å². The standard InChI is InChI=1S/C22H32N2O5S2/c1-4-29-22(28)18(11-10-17-8-6-5-7-9-17)23-15(2)20(25)24(16(3)21(26)27)14-19-30-12-13-31-19/h5-9,15-16,18-19,23H,4,10-14H2,1-3H3,(H,26,27)/t15-,16-,18?/m0/s1. The maximum atomic E-state index is 13.2. The van der Waals surface area contributed by atoms with Gasteiger partial charge in [-0.1, -0.05) is 30.3 Å². The van der Waals surface area contributed by atoms with Crippen molar-refractivity contribution >= 4 is 41.4 Å². The highest BCUT2D eigenvalue weighted by atomic mass is 32.2. The van der Waals surface area contributed by atoms with Gasteiger partial charge >= 0.3 is 11.9 Å². The zero-order valence-electron chi connectivity index (χ0n) is 18.3. The van der Waals surface area contributed by atoms with E-state index >= 15 is 0 Å². The predicted molar refractivity (Wildman–Crippen MR) is 125 cm³/mol. The van der Waals surface area contributed by atoms with Gasteiger partial charge in [-0.25, -0.2) is 4.79 Å². The van der Waals surface area contributed by atoms with E-state index in [0.717, 1.165) is 17.1 Å². The molecule has 1 unspecified atom stereocenters. The summed E-state index contributed by atoms with van der Waals surface area (Å²) in [5, 5.41) is 12.6. The van der Waals surface area contributed by atoms with E-state index in [9.17, 15) is 19.5 Å². The van der Waals surface area contributed by atoms with Crippen LogP contribution in [0.3, 0.4) is 0 Å². The molecule has 3 atom stereocenters. The fourth-order valence-corrected chi connectivity index (χ4v) is 6.12. The maximum Gasteiger partial charge on any atom is 0.326 e. The molecule has 7 nitrogen and oxygen atoms in total. The number of carboxylic acids is 1. The van der Waals surface area contributed by atoms with Crippen LogP contribution in [-0.4, -0.2) is 75.2 Å². The van der Waals surface area contributed by atoms with Crippen LogP contribution < -0.4 is 5.32 Å². The first kappa shape index (κ1) is 25.5. The van der Waals surface area contributed by atoms with Crippen LogP contribution in [0.1, 0.15) is 32.8 Å². The Morgan fingerprint density at radius 3 is 2.42 bits per heavy atom. The molecule has 1 saturated heterocycles. The van der Waals surface area contributed by atoms with Crippen molar-refractivity contribution in [2.45, 2.75) is 56.3 Å². The minimum atomic E-state index is -1.04. The molecule has 0 saturated carbocycles. The Labute approximate surface area is 192 Å². The minimum Gasteiger partial charge on any atom is -0.480 e. The van der Waals surface area contributed by atoms with E-state index in [2.05, 4.69) is 5.32 Å². The fraction of sp³-hybridized carbons (Fsp3) is 0.591. The van der Waals surface area contributed by atoms with Crippen molar-refractivity contribution in [2.24, 2.45) is 0 Å². The molecular weight excluding hydrogens is 436 g/mol. The van der Waals surface area contributed by atoms with Crippen LogP contribution in [0.15, 0.2) is 30.3 Å². The second-order valence-corrected chi connectivity index (χ2v) is 10.3. The molecule has 9 heteroatoms. The Bertz CT molecular complexity index is 728. The third-order valence-corrected chi connectivity index (χ3v) is 8.10. The second-order valence-electron chi connectivity index (χ2n) is 7.39. The molecule has 0 aliphatic carbocycles. The number of nitrogens with one attached hydrogen (secondary N) is 1. The molecule has 1 aromatic carbocycles. The lowest BCUT2D eigenvalue weighted by atomic mass is 10.0. The number of hydrogen-bond donors (Lipinski definition) is 2. The van der Waals surface area contributed by atoms with Crippen LogP contribution in [0, 0.1) is 0 Å². The first-order valence-electron chi connectivity index (χ1n) is 10.6. The van der Waals surface area contributed by atoms with Crippen molar-refractivity contribution in [3.8, 4) is 0 Å². The van der Waals surface area contributed by atoms with Crippen LogP contribution >= 0.6 is 23.5 Å². The largest absolute Gasteiger partial charge is 0.480 e. The second kappa shape index (κ2) is 13.0. The summed E-state index contributed by atoms with van der Waals surface area (Å²) in [6.45, 7) is 5.56. The summed E-state index contributed by atoms with van der Waals surface area (Å²) in [4.78, 5) is 38.7. The van der Waals surface area contributed by atoms with Crippen molar-refractivity contribution in [2.75, 3.05) is 24.7 Å². The summed E-state index contributed by atoms with van der Waals surface area (Å²) in [7, 11) is 0. The summed E-state index contributed by atoms with van der Waals surface area (Å²) in [5.74, 6) is 0.225. The molecule has 0 aromatic heterocycles. The van der Waals surface area contributed by atoms with Gasteiger partial charge in [-0.3, -0.25) is 14.9 Å². The fourth-order valence-electron chi connectivity index (χ4n) is 3.34. The lowest BCUT2D eigenvalue weighted by Crippen LogP contribution is -2.55. The van der Waals surface area contributed by atoms with Crippen molar-refractivity contribution in [1.29, 1.82) is 0 Å². The number of amides is 1. The smallest absolute Gasteiger partial charge is 0.326 e. The Balaban J connectivity index is 2.07. The van der Waals surface area contributed by atoms with Gasteiger partial charge in [0.1, 0.15) is 12.1 Å². The van der Waals surface area contributed by atoms with Gasteiger partial charge in [-0.2, -0.15) is 0 Å². The first-order valence-corrected chi connectivity index (χ1v) is 12.7. The summed E-state index contributed by atoms with van der Waals surface area (Å²) < 4.78 is 5.36. The zero-order valence-corrected chi connectivity index (χ0v) is 19.9. The molecule has 1 aliphatic rings. The Morgan fingerprint density at radius 1 is 1.19 bits per heavy atom. The Hall–Kier alpha value is -1.71. The van der Waals surface area contributed by atoms with Gasteiger partial charge in [0.2, 0.25) is 5.91 Å². The van der Waals surface area contributed by atoms with Gasteiger partial charge in [-0.15, -0.1) is 23.5 Å². The van der Waals surface area contributed by atoms with E-state index < -0.39 is 30.1 Å². The van der Waals surface area contributed by atoms with E-state index in [4.69, 9.17) is 4.74 Å². The minimum absolute atomic E-state index is 0.164. The Morgan fingerprint density at radius 2 is 1.84 bits per heavy atom. The number of esters is 1. The number of benzene rings is 1. The SMILES string of the molecule is CCOC(=O)C(CCc1ccccc1)N[C@@H](C)C(=O)N(CC1SCCS1)[C@@H](C)C(=O)O. The highest BCUT2D eigenvalue weighted by Gasteiger charge is 2.34. The van der Waals surface area contributed by atoms with Gasteiger partial charge < -0.3 is 14.7 Å². The normalized spacial score (nSPS) is 17.0. The molecule has 1 amide bonds. The number of aryl methyl sites for hydroxylation is 1. The van der Waals surface area contributed by atoms with Crippen LogP contribution in [0.5, 0.6) is 0 Å². The van der Waals surface area contributed by atoms with Crippen LogP contribution in [0.25, 0.3) is 0 Å². The van der Waals surface area contributed by atoms with E-state index in [-0.39, 0.29) is 17.1 Å². The number of hydrogen-bond acceptors (Lipinski definition) is 7. The quantitative estimate of drug-likeness (QED) is 0.452. The number of carbonyl (C=O) groups is 3. The molecular formula is C22H32N2O5S2. The molecule has 172 valence electrons. The number of carbonyl (C=O) groups excluding carboxylic acids is 2. The van der Waals surface area contributed by atoms with Crippen molar-refractivity contribution in [1.82, 2.24) is 10.2 Å². The average Bonchev–Trinajstić information content (AvgIpc) is 3.28. The number of aliphatic carboxylic acids is 1. The summed E-state index contributed by atoms with van der Waals surface area (Å²) in [6.07, 6.45) is 1.13. The van der Waals surface area contributed by atoms with Crippen molar-refractivity contribution in [3.05, 3.63) is 35.9 Å². The van der Waals surface area contributed by atoms with E-state index in [1.807, 2.05) is 30.3 Å². The lowest BCUT2D eigenvalue weighted by Gasteiger charge is -2.32. The highest BCUT2D eigenvalue weighted by molar-refractivity contribution is 8.20. The number of carboxylic acid groups (broad SMARTS) is 1. The van der Waals surface area contributed by atoms with Gasteiger partial charge in [0.15, 0.2) is 0 Å². The number of thioether (sulfide) groups is 2. The number of nitrogens with zero attached hydrogens (tertiary/aromatic N) is 1. The number of rotatable bonds is 12. The average molecular weight is 469 g/mol. The molecule has 0 radical (unpaired) electrons. The van der Waals surface area contributed by atoms with Crippen LogP contribution in [0.4, 0.5) is 0 Å². The molecule has 1 aromatic rings. The molecule has 2 rings (SSSR count). The van der Waals surface area contributed by atoms with E-state index in [1.54, 1.807) is 37.4 Å².